The minimum atomic E-state index is 0.511. The van der Waals surface area contributed by atoms with Crippen molar-refractivity contribution in [2.75, 3.05) is 57.8 Å². The maximum Gasteiger partial charge on any atom is 0.142 e. The van der Waals surface area contributed by atoms with E-state index in [4.69, 9.17) is 5.26 Å². The molecule has 0 spiro atoms. The van der Waals surface area contributed by atoms with Crippen LogP contribution in [-0.2, 0) is 0 Å². The topological polar surface area (TPSA) is 46.4 Å². The third kappa shape index (κ3) is 3.76. The molecule has 0 N–H and O–H groups in total. The summed E-state index contributed by atoms with van der Waals surface area (Å²) in [4.78, 5) is 11.8. The summed E-state index contributed by atoms with van der Waals surface area (Å²) in [6.07, 6.45) is 2.45. The summed E-state index contributed by atoms with van der Waals surface area (Å²) < 4.78 is 0. The number of nitrogens with zero attached hydrogens (tertiary/aromatic N) is 5. The quantitative estimate of drug-likeness (QED) is 0.844. The summed E-state index contributed by atoms with van der Waals surface area (Å²) in [7, 11) is 2.21. The predicted molar refractivity (Wildman–Crippen MR) is 87.8 cm³/mol. The monoisotopic (exact) mass is 299 g/mol. The number of nitriles is 1. The Morgan fingerprint density at radius 2 is 1.86 bits per heavy atom. The second-order valence-corrected chi connectivity index (χ2v) is 6.53. The lowest BCUT2D eigenvalue weighted by Gasteiger charge is -2.38. The van der Waals surface area contributed by atoms with Gasteiger partial charge in [-0.05, 0) is 37.9 Å². The molecule has 2 saturated heterocycles. The van der Waals surface area contributed by atoms with Crippen molar-refractivity contribution in [3.05, 3.63) is 23.9 Å². The van der Waals surface area contributed by atoms with Gasteiger partial charge in [0.05, 0.1) is 0 Å². The standard InChI is InChI=1S/C17H25N5/c1-20-9-11-21(12-10-20)14-15-5-7-22(8-6-15)17-4-2-3-16(13-18)19-17/h2-4,15H,5-12,14H2,1H3. The number of likely N-dealkylation sites (N-methyl/N-ethyl adjacent to an activating group) is 1. The fourth-order valence-electron chi connectivity index (χ4n) is 3.40. The first-order valence-corrected chi connectivity index (χ1v) is 8.27. The Morgan fingerprint density at radius 3 is 2.55 bits per heavy atom. The van der Waals surface area contributed by atoms with Gasteiger partial charge >= 0.3 is 0 Å². The van der Waals surface area contributed by atoms with Crippen molar-refractivity contribution in [1.82, 2.24) is 14.8 Å². The average Bonchev–Trinajstić information content (AvgIpc) is 2.58. The van der Waals surface area contributed by atoms with Crippen LogP contribution in [0, 0.1) is 17.2 Å². The highest BCUT2D eigenvalue weighted by Crippen LogP contribution is 2.23. The molecule has 5 nitrogen and oxygen atoms in total. The van der Waals surface area contributed by atoms with Gasteiger partial charge in [-0.3, -0.25) is 0 Å². The van der Waals surface area contributed by atoms with Crippen LogP contribution >= 0.6 is 0 Å². The zero-order valence-electron chi connectivity index (χ0n) is 13.4. The molecule has 22 heavy (non-hydrogen) atoms. The number of rotatable bonds is 3. The first-order chi connectivity index (χ1) is 10.7. The molecule has 3 rings (SSSR count). The molecule has 1 aromatic rings. The SMILES string of the molecule is CN1CCN(CC2CCN(c3cccc(C#N)n3)CC2)CC1. The molecular weight excluding hydrogens is 274 g/mol. The Kier molecular flexibility index (Phi) is 4.91. The third-order valence-corrected chi connectivity index (χ3v) is 4.90. The summed E-state index contributed by atoms with van der Waals surface area (Å²) >= 11 is 0. The lowest BCUT2D eigenvalue weighted by molar-refractivity contribution is 0.129. The van der Waals surface area contributed by atoms with Crippen LogP contribution in [0.3, 0.4) is 0 Å². The van der Waals surface area contributed by atoms with E-state index in [1.165, 1.54) is 45.6 Å². The van der Waals surface area contributed by atoms with Crippen molar-refractivity contribution in [2.45, 2.75) is 12.8 Å². The zero-order valence-corrected chi connectivity index (χ0v) is 13.4. The minimum absolute atomic E-state index is 0.511. The number of hydrogen-bond acceptors (Lipinski definition) is 5. The van der Waals surface area contributed by atoms with Gasteiger partial charge in [-0.2, -0.15) is 5.26 Å². The maximum absolute atomic E-state index is 8.96. The maximum atomic E-state index is 8.96. The molecule has 2 aliphatic rings. The summed E-state index contributed by atoms with van der Waals surface area (Å²) in [6.45, 7) is 8.17. The van der Waals surface area contributed by atoms with Crippen LogP contribution in [0.2, 0.25) is 0 Å². The van der Waals surface area contributed by atoms with E-state index in [1.54, 1.807) is 6.07 Å². The largest absolute Gasteiger partial charge is 0.357 e. The van der Waals surface area contributed by atoms with Gasteiger partial charge in [-0.15, -0.1) is 0 Å². The van der Waals surface area contributed by atoms with Gasteiger partial charge in [0.1, 0.15) is 17.6 Å². The van der Waals surface area contributed by atoms with E-state index in [0.717, 1.165) is 24.8 Å². The Hall–Kier alpha value is -1.64. The van der Waals surface area contributed by atoms with Crippen LogP contribution in [0.1, 0.15) is 18.5 Å². The summed E-state index contributed by atoms with van der Waals surface area (Å²) in [5.41, 5.74) is 0.511. The molecule has 0 amide bonds. The predicted octanol–water partition coefficient (Wildman–Crippen LogP) is 1.42. The van der Waals surface area contributed by atoms with Gasteiger partial charge in [0, 0.05) is 45.8 Å². The lowest BCUT2D eigenvalue weighted by Crippen LogP contribution is -2.47. The molecule has 0 saturated carbocycles. The van der Waals surface area contributed by atoms with Gasteiger partial charge in [0.25, 0.3) is 0 Å². The van der Waals surface area contributed by atoms with Crippen molar-refractivity contribution in [3.63, 3.8) is 0 Å². The van der Waals surface area contributed by atoms with E-state index in [2.05, 4.69) is 32.8 Å². The molecule has 0 unspecified atom stereocenters. The molecular formula is C17H25N5. The molecule has 118 valence electrons. The highest BCUT2D eigenvalue weighted by atomic mass is 15.2. The normalized spacial score (nSPS) is 21.7. The lowest BCUT2D eigenvalue weighted by atomic mass is 9.96. The summed E-state index contributed by atoms with van der Waals surface area (Å²) in [5, 5.41) is 8.96. The van der Waals surface area contributed by atoms with Gasteiger partial charge in [-0.25, -0.2) is 4.98 Å². The van der Waals surface area contributed by atoms with Gasteiger partial charge in [0.2, 0.25) is 0 Å². The number of hydrogen-bond donors (Lipinski definition) is 0. The van der Waals surface area contributed by atoms with E-state index >= 15 is 0 Å². The highest BCUT2D eigenvalue weighted by molar-refractivity contribution is 5.41. The third-order valence-electron chi connectivity index (χ3n) is 4.90. The van der Waals surface area contributed by atoms with Gasteiger partial charge in [0.15, 0.2) is 0 Å². The van der Waals surface area contributed by atoms with Gasteiger partial charge < -0.3 is 14.7 Å². The molecule has 3 heterocycles. The molecule has 2 aliphatic heterocycles. The second kappa shape index (κ2) is 7.08. The average molecular weight is 299 g/mol. The van der Waals surface area contributed by atoms with Crippen LogP contribution in [0.5, 0.6) is 0 Å². The molecule has 0 aliphatic carbocycles. The van der Waals surface area contributed by atoms with E-state index < -0.39 is 0 Å². The van der Waals surface area contributed by atoms with Crippen LogP contribution in [-0.4, -0.2) is 67.6 Å². The van der Waals surface area contributed by atoms with Crippen LogP contribution in [0.4, 0.5) is 5.82 Å². The van der Waals surface area contributed by atoms with E-state index in [-0.39, 0.29) is 0 Å². The first-order valence-electron chi connectivity index (χ1n) is 8.27. The fourth-order valence-corrected chi connectivity index (χ4v) is 3.40. The number of aromatic nitrogens is 1. The van der Waals surface area contributed by atoms with Crippen LogP contribution < -0.4 is 4.90 Å². The Balaban J connectivity index is 1.49. The number of piperazine rings is 1. The van der Waals surface area contributed by atoms with Crippen molar-refractivity contribution < 1.29 is 0 Å². The number of anilines is 1. The molecule has 0 radical (unpaired) electrons. The van der Waals surface area contributed by atoms with Crippen molar-refractivity contribution in [1.29, 1.82) is 5.26 Å². The van der Waals surface area contributed by atoms with Crippen LogP contribution in [0.25, 0.3) is 0 Å². The Morgan fingerprint density at radius 1 is 1.14 bits per heavy atom. The molecule has 0 aromatic carbocycles. The van der Waals surface area contributed by atoms with Crippen molar-refractivity contribution >= 4 is 5.82 Å². The second-order valence-electron chi connectivity index (χ2n) is 6.53. The summed E-state index contributed by atoms with van der Waals surface area (Å²) in [6, 6.07) is 7.84. The molecule has 0 bridgehead atoms. The van der Waals surface area contributed by atoms with E-state index in [0.29, 0.717) is 5.69 Å². The molecule has 0 atom stereocenters. The minimum Gasteiger partial charge on any atom is -0.357 e. The van der Waals surface area contributed by atoms with E-state index in [9.17, 15) is 0 Å². The first kappa shape index (κ1) is 15.3. The smallest absolute Gasteiger partial charge is 0.142 e. The van der Waals surface area contributed by atoms with Crippen molar-refractivity contribution in [3.8, 4) is 6.07 Å². The van der Waals surface area contributed by atoms with Crippen molar-refractivity contribution in [2.24, 2.45) is 5.92 Å². The number of piperidine rings is 1. The van der Waals surface area contributed by atoms with E-state index in [1.807, 2.05) is 12.1 Å². The Bertz CT molecular complexity index is 522. The van der Waals surface area contributed by atoms with Crippen LogP contribution in [0.15, 0.2) is 18.2 Å². The molecule has 2 fully saturated rings. The fraction of sp³-hybridized carbons (Fsp3) is 0.647. The number of pyridine rings is 1. The zero-order chi connectivity index (χ0) is 15.4. The molecule has 1 aromatic heterocycles. The van der Waals surface area contributed by atoms with Gasteiger partial charge in [-0.1, -0.05) is 6.07 Å². The Labute approximate surface area is 133 Å². The summed E-state index contributed by atoms with van der Waals surface area (Å²) in [5.74, 6) is 1.76. The molecule has 5 heteroatoms. The highest BCUT2D eigenvalue weighted by Gasteiger charge is 2.23.